The first-order valence-electron chi connectivity index (χ1n) is 11.4. The van der Waals surface area contributed by atoms with Crippen molar-refractivity contribution in [2.24, 2.45) is 5.92 Å². The number of hydrogen-bond donors (Lipinski definition) is 1. The molecule has 1 aromatic carbocycles. The van der Waals surface area contributed by atoms with Gasteiger partial charge < -0.3 is 14.7 Å². The molecular formula is C26H31N3O2. The highest BCUT2D eigenvalue weighted by molar-refractivity contribution is 5.50. The van der Waals surface area contributed by atoms with E-state index in [9.17, 15) is 5.11 Å². The lowest BCUT2D eigenvalue weighted by molar-refractivity contribution is -0.0713. The maximum atomic E-state index is 11.2. The Balaban J connectivity index is 1.45. The smallest absolute Gasteiger partial charge is 0.141 e. The summed E-state index contributed by atoms with van der Waals surface area (Å²) in [5.74, 6) is 7.87. The van der Waals surface area contributed by atoms with Crippen molar-refractivity contribution in [2.45, 2.75) is 37.4 Å². The number of pyridine rings is 1. The van der Waals surface area contributed by atoms with Crippen LogP contribution in [-0.4, -0.2) is 66.5 Å². The van der Waals surface area contributed by atoms with Gasteiger partial charge >= 0.3 is 0 Å². The van der Waals surface area contributed by atoms with E-state index in [1.165, 1.54) is 5.56 Å². The summed E-state index contributed by atoms with van der Waals surface area (Å²) in [7, 11) is 1.78. The Labute approximate surface area is 185 Å². The number of hydrogen-bond acceptors (Lipinski definition) is 5. The lowest BCUT2D eigenvalue weighted by Crippen LogP contribution is -2.58. The van der Waals surface area contributed by atoms with Gasteiger partial charge in [0.1, 0.15) is 11.4 Å². The maximum absolute atomic E-state index is 11.2. The van der Waals surface area contributed by atoms with Crippen molar-refractivity contribution in [2.75, 3.05) is 44.7 Å². The Kier molecular flexibility index (Phi) is 5.71. The van der Waals surface area contributed by atoms with E-state index in [4.69, 9.17) is 9.72 Å². The topological polar surface area (TPSA) is 48.8 Å². The second-order valence-corrected chi connectivity index (χ2v) is 9.14. The second-order valence-electron chi connectivity index (χ2n) is 9.14. The number of aromatic nitrogens is 1. The fourth-order valence-corrected chi connectivity index (χ4v) is 5.19. The third-order valence-electron chi connectivity index (χ3n) is 7.12. The number of aliphatic hydroxyl groups is 1. The molecule has 2 bridgehead atoms. The first kappa shape index (κ1) is 20.5. The highest BCUT2D eigenvalue weighted by atomic mass is 16.5. The molecule has 1 aromatic heterocycles. The highest BCUT2D eigenvalue weighted by Crippen LogP contribution is 2.35. The van der Waals surface area contributed by atoms with Crippen molar-refractivity contribution < 1.29 is 9.84 Å². The Morgan fingerprint density at radius 3 is 2.58 bits per heavy atom. The molecule has 0 unspecified atom stereocenters. The zero-order valence-corrected chi connectivity index (χ0v) is 18.3. The molecule has 31 heavy (non-hydrogen) atoms. The summed E-state index contributed by atoms with van der Waals surface area (Å²) in [5, 5.41) is 11.2. The van der Waals surface area contributed by atoms with Crippen LogP contribution in [-0.2, 0) is 11.2 Å². The van der Waals surface area contributed by atoms with Gasteiger partial charge in [-0.1, -0.05) is 42.2 Å². The van der Waals surface area contributed by atoms with E-state index >= 15 is 0 Å². The molecule has 1 N–H and O–H groups in total. The summed E-state index contributed by atoms with van der Waals surface area (Å²) in [4.78, 5) is 9.66. The predicted molar refractivity (Wildman–Crippen MR) is 122 cm³/mol. The summed E-state index contributed by atoms with van der Waals surface area (Å²) in [6.07, 6.45) is 4.10. The fraction of sp³-hybridized carbons (Fsp3) is 0.500. The summed E-state index contributed by atoms with van der Waals surface area (Å²) in [5.41, 5.74) is 2.20. The van der Waals surface area contributed by atoms with E-state index in [0.29, 0.717) is 6.54 Å². The Morgan fingerprint density at radius 2 is 1.90 bits per heavy atom. The quantitative estimate of drug-likeness (QED) is 0.776. The molecule has 0 spiro atoms. The van der Waals surface area contributed by atoms with Crippen LogP contribution in [0.3, 0.4) is 0 Å². The minimum atomic E-state index is -0.903. The molecule has 2 aromatic rings. The molecule has 2 atom stereocenters. The molecule has 162 valence electrons. The molecule has 5 nitrogen and oxygen atoms in total. The first-order valence-corrected chi connectivity index (χ1v) is 11.4. The summed E-state index contributed by atoms with van der Waals surface area (Å²) in [6.45, 7) is 4.66. The maximum Gasteiger partial charge on any atom is 0.141 e. The SMILES string of the molecule is CO[C@H]1CCN(c2ccc(C#C[C@@]3(O)CN4CCC3CC4)c(Cc3ccccc3)n2)C1. The van der Waals surface area contributed by atoms with Crippen molar-refractivity contribution in [1.29, 1.82) is 0 Å². The van der Waals surface area contributed by atoms with Gasteiger partial charge in [0.25, 0.3) is 0 Å². The van der Waals surface area contributed by atoms with E-state index in [2.05, 4.69) is 58.0 Å². The van der Waals surface area contributed by atoms with Crippen LogP contribution in [0.1, 0.15) is 36.1 Å². The van der Waals surface area contributed by atoms with Gasteiger partial charge in [-0.25, -0.2) is 4.98 Å². The molecule has 0 saturated carbocycles. The summed E-state index contributed by atoms with van der Waals surface area (Å²) in [6, 6.07) is 14.6. The van der Waals surface area contributed by atoms with Crippen LogP contribution in [0.4, 0.5) is 5.82 Å². The largest absolute Gasteiger partial charge is 0.380 e. The van der Waals surface area contributed by atoms with Gasteiger partial charge in [0.05, 0.1) is 11.8 Å². The molecule has 4 fully saturated rings. The van der Waals surface area contributed by atoms with Crippen LogP contribution >= 0.6 is 0 Å². The van der Waals surface area contributed by atoms with Crippen molar-refractivity contribution in [3.05, 3.63) is 59.3 Å². The summed E-state index contributed by atoms with van der Waals surface area (Å²) >= 11 is 0. The van der Waals surface area contributed by atoms with Crippen LogP contribution < -0.4 is 4.90 Å². The van der Waals surface area contributed by atoms with Crippen LogP contribution in [0.25, 0.3) is 0 Å². The molecule has 6 rings (SSSR count). The van der Waals surface area contributed by atoms with E-state index in [0.717, 1.165) is 68.9 Å². The van der Waals surface area contributed by atoms with Crippen molar-refractivity contribution in [3.8, 4) is 11.8 Å². The van der Waals surface area contributed by atoms with Gasteiger partial charge in [0, 0.05) is 44.6 Å². The lowest BCUT2D eigenvalue weighted by atomic mass is 9.75. The number of piperidine rings is 3. The molecule has 5 heteroatoms. The Hall–Kier alpha value is -2.39. The molecular weight excluding hydrogens is 386 g/mol. The van der Waals surface area contributed by atoms with Gasteiger partial charge in [-0.3, -0.25) is 4.90 Å². The average Bonchev–Trinajstić information content (AvgIpc) is 3.29. The van der Waals surface area contributed by atoms with E-state index in [1.54, 1.807) is 7.11 Å². The van der Waals surface area contributed by atoms with Crippen molar-refractivity contribution >= 4 is 5.82 Å². The molecule has 0 aliphatic carbocycles. The number of methoxy groups -OCH3 is 1. The first-order chi connectivity index (χ1) is 15.1. The van der Waals surface area contributed by atoms with Crippen LogP contribution in [0, 0.1) is 17.8 Å². The van der Waals surface area contributed by atoms with E-state index < -0.39 is 5.60 Å². The van der Waals surface area contributed by atoms with Crippen molar-refractivity contribution in [3.63, 3.8) is 0 Å². The van der Waals surface area contributed by atoms with Crippen molar-refractivity contribution in [1.82, 2.24) is 9.88 Å². The third kappa shape index (κ3) is 4.34. The number of ether oxygens (including phenoxy) is 1. The summed E-state index contributed by atoms with van der Waals surface area (Å²) < 4.78 is 5.53. The minimum Gasteiger partial charge on any atom is -0.380 e. The molecule has 4 saturated heterocycles. The molecule has 5 heterocycles. The van der Waals surface area contributed by atoms with Crippen LogP contribution in [0.2, 0.25) is 0 Å². The van der Waals surface area contributed by atoms with Gasteiger partial charge in [-0.2, -0.15) is 0 Å². The number of fused-ring (bicyclic) bond motifs is 3. The average molecular weight is 418 g/mol. The third-order valence-corrected chi connectivity index (χ3v) is 7.12. The van der Waals surface area contributed by atoms with E-state index in [-0.39, 0.29) is 12.0 Å². The second kappa shape index (κ2) is 8.63. The number of anilines is 1. The highest BCUT2D eigenvalue weighted by Gasteiger charge is 2.44. The van der Waals surface area contributed by atoms with Gasteiger partial charge in [-0.15, -0.1) is 0 Å². The number of rotatable bonds is 4. The standard InChI is InChI=1S/C26H31N3O2/c1-31-23-12-16-29(18-23)25-8-7-21(24(27-25)17-20-5-3-2-4-6-20)9-13-26(30)19-28-14-10-22(26)11-15-28/h2-8,22-23,30H,10-12,14-19H2,1H3/t23-,26+/m0/s1. The Bertz CT molecular complexity index is 975. The predicted octanol–water partition coefficient (Wildman–Crippen LogP) is 2.71. The number of benzene rings is 1. The number of nitrogens with zero attached hydrogens (tertiary/aromatic N) is 3. The monoisotopic (exact) mass is 417 g/mol. The molecule has 4 aliphatic rings. The molecule has 0 amide bonds. The zero-order valence-electron chi connectivity index (χ0n) is 18.3. The lowest BCUT2D eigenvalue weighted by Gasteiger charge is -2.47. The van der Waals surface area contributed by atoms with Gasteiger partial charge in [0.2, 0.25) is 0 Å². The van der Waals surface area contributed by atoms with Gasteiger partial charge in [-0.05, 0) is 50.0 Å². The Morgan fingerprint density at radius 1 is 1.10 bits per heavy atom. The van der Waals surface area contributed by atoms with Crippen LogP contribution in [0.15, 0.2) is 42.5 Å². The molecule has 0 radical (unpaired) electrons. The normalized spacial score (nSPS) is 29.6. The fourth-order valence-electron chi connectivity index (χ4n) is 5.19. The zero-order chi connectivity index (χ0) is 21.3. The van der Waals surface area contributed by atoms with E-state index in [1.807, 2.05) is 6.07 Å². The minimum absolute atomic E-state index is 0.268. The van der Waals surface area contributed by atoms with Gasteiger partial charge in [0.15, 0.2) is 0 Å². The van der Waals surface area contributed by atoms with Crippen LogP contribution in [0.5, 0.6) is 0 Å². The molecule has 4 aliphatic heterocycles.